The third-order valence-corrected chi connectivity index (χ3v) is 5.02. The van der Waals surface area contributed by atoms with Gasteiger partial charge in [-0.05, 0) is 31.6 Å². The highest BCUT2D eigenvalue weighted by molar-refractivity contribution is 7.87. The van der Waals surface area contributed by atoms with E-state index in [1.807, 2.05) is 0 Å². The first-order chi connectivity index (χ1) is 8.08. The van der Waals surface area contributed by atoms with Crippen LogP contribution in [0.2, 0.25) is 0 Å². The van der Waals surface area contributed by atoms with E-state index in [2.05, 4.69) is 11.6 Å². The zero-order valence-electron chi connectivity index (χ0n) is 10.4. The van der Waals surface area contributed by atoms with Gasteiger partial charge in [-0.3, -0.25) is 0 Å². The van der Waals surface area contributed by atoms with Gasteiger partial charge in [-0.25, -0.2) is 0 Å². The number of hydrogen-bond donors (Lipinski definition) is 1. The molecule has 0 amide bonds. The van der Waals surface area contributed by atoms with Gasteiger partial charge in [0, 0.05) is 26.2 Å². The van der Waals surface area contributed by atoms with Gasteiger partial charge in [0.2, 0.25) is 0 Å². The summed E-state index contributed by atoms with van der Waals surface area (Å²) >= 11 is 0. The van der Waals surface area contributed by atoms with Crippen LogP contribution in [0.25, 0.3) is 0 Å². The molecule has 17 heavy (non-hydrogen) atoms. The Bertz CT molecular complexity index is 339. The molecule has 0 aliphatic carbocycles. The fourth-order valence-corrected chi connectivity index (χ4v) is 3.86. The van der Waals surface area contributed by atoms with Crippen LogP contribution < -0.4 is 4.72 Å². The van der Waals surface area contributed by atoms with E-state index in [9.17, 15) is 8.42 Å². The van der Waals surface area contributed by atoms with Crippen LogP contribution in [0.3, 0.4) is 0 Å². The third-order valence-electron chi connectivity index (χ3n) is 3.48. The average molecular weight is 262 g/mol. The van der Waals surface area contributed by atoms with Gasteiger partial charge in [-0.1, -0.05) is 6.92 Å². The summed E-state index contributed by atoms with van der Waals surface area (Å²) in [5, 5.41) is 0. The lowest BCUT2D eigenvalue weighted by Gasteiger charge is -2.30. The molecule has 0 aromatic carbocycles. The highest BCUT2D eigenvalue weighted by Gasteiger charge is 2.28. The first kappa shape index (κ1) is 13.3. The van der Waals surface area contributed by atoms with Crippen molar-refractivity contribution < 1.29 is 13.2 Å². The van der Waals surface area contributed by atoms with Crippen LogP contribution in [-0.2, 0) is 14.9 Å². The molecule has 2 heterocycles. The maximum Gasteiger partial charge on any atom is 0.279 e. The molecule has 2 rings (SSSR count). The molecular formula is C11H22N2O3S. The summed E-state index contributed by atoms with van der Waals surface area (Å²) < 4.78 is 33.7. The maximum atomic E-state index is 12.0. The second-order valence-electron chi connectivity index (χ2n) is 5.09. The predicted octanol–water partition coefficient (Wildman–Crippen LogP) is 0.732. The molecule has 100 valence electrons. The van der Waals surface area contributed by atoms with Crippen LogP contribution in [0.1, 0.15) is 32.6 Å². The van der Waals surface area contributed by atoms with Crippen molar-refractivity contribution in [3.05, 3.63) is 0 Å². The first-order valence-corrected chi connectivity index (χ1v) is 7.88. The summed E-state index contributed by atoms with van der Waals surface area (Å²) in [5.74, 6) is 0.461. The smallest absolute Gasteiger partial charge is 0.279 e. The van der Waals surface area contributed by atoms with E-state index in [-0.39, 0.29) is 6.10 Å². The van der Waals surface area contributed by atoms with Gasteiger partial charge in [-0.15, -0.1) is 0 Å². The van der Waals surface area contributed by atoms with E-state index in [0.717, 1.165) is 32.3 Å². The molecule has 0 saturated carbocycles. The Morgan fingerprint density at radius 1 is 1.35 bits per heavy atom. The number of hydrogen-bond acceptors (Lipinski definition) is 3. The van der Waals surface area contributed by atoms with Crippen molar-refractivity contribution in [2.45, 2.75) is 38.7 Å². The van der Waals surface area contributed by atoms with Crippen molar-refractivity contribution >= 4 is 10.2 Å². The molecule has 2 saturated heterocycles. The number of nitrogens with zero attached hydrogens (tertiary/aromatic N) is 1. The Morgan fingerprint density at radius 2 is 2.18 bits per heavy atom. The van der Waals surface area contributed by atoms with Crippen LogP contribution in [0.5, 0.6) is 0 Å². The van der Waals surface area contributed by atoms with Crippen LogP contribution in [-0.4, -0.2) is 45.1 Å². The molecule has 0 aromatic rings. The fourth-order valence-electron chi connectivity index (χ4n) is 2.46. The van der Waals surface area contributed by atoms with E-state index in [0.29, 0.717) is 25.6 Å². The highest BCUT2D eigenvalue weighted by Crippen LogP contribution is 2.18. The van der Waals surface area contributed by atoms with Crippen molar-refractivity contribution in [2.75, 3.05) is 26.2 Å². The lowest BCUT2D eigenvalue weighted by Crippen LogP contribution is -2.47. The van der Waals surface area contributed by atoms with Crippen LogP contribution >= 0.6 is 0 Å². The molecule has 6 heteroatoms. The Morgan fingerprint density at radius 3 is 2.82 bits per heavy atom. The van der Waals surface area contributed by atoms with Gasteiger partial charge in [0.25, 0.3) is 10.2 Å². The molecule has 2 aliphatic rings. The Kier molecular flexibility index (Phi) is 4.41. The zero-order chi connectivity index (χ0) is 12.3. The quantitative estimate of drug-likeness (QED) is 0.812. The number of ether oxygens (including phenoxy) is 1. The number of rotatable bonds is 4. The Hall–Kier alpha value is -0.170. The standard InChI is InChI=1S/C11H22N2O3S/c1-10-4-2-6-13(9-10)17(14,15)12-8-11-5-3-7-16-11/h10-12H,2-9H2,1H3/t10-,11-/m1/s1. The lowest BCUT2D eigenvalue weighted by atomic mass is 10.0. The molecule has 1 N–H and O–H groups in total. The van der Waals surface area contributed by atoms with Gasteiger partial charge in [0.05, 0.1) is 6.10 Å². The summed E-state index contributed by atoms with van der Waals surface area (Å²) in [6, 6.07) is 0. The van der Waals surface area contributed by atoms with Crippen molar-refractivity contribution in [2.24, 2.45) is 5.92 Å². The zero-order valence-corrected chi connectivity index (χ0v) is 11.2. The van der Waals surface area contributed by atoms with Crippen LogP contribution in [0, 0.1) is 5.92 Å². The highest BCUT2D eigenvalue weighted by atomic mass is 32.2. The topological polar surface area (TPSA) is 58.6 Å². The molecule has 0 unspecified atom stereocenters. The molecular weight excluding hydrogens is 240 g/mol. The van der Waals surface area contributed by atoms with E-state index >= 15 is 0 Å². The Balaban J connectivity index is 1.84. The summed E-state index contributed by atoms with van der Waals surface area (Å²) in [7, 11) is -3.30. The van der Waals surface area contributed by atoms with Crippen molar-refractivity contribution in [1.29, 1.82) is 0 Å². The largest absolute Gasteiger partial charge is 0.377 e. The Labute approximate surface area is 104 Å². The van der Waals surface area contributed by atoms with Crippen molar-refractivity contribution in [3.8, 4) is 0 Å². The predicted molar refractivity (Wildman–Crippen MR) is 65.9 cm³/mol. The van der Waals surface area contributed by atoms with Gasteiger partial charge in [-0.2, -0.15) is 17.4 Å². The van der Waals surface area contributed by atoms with E-state index < -0.39 is 10.2 Å². The molecule has 5 nitrogen and oxygen atoms in total. The molecule has 2 atom stereocenters. The molecule has 0 bridgehead atoms. The maximum absolute atomic E-state index is 12.0. The molecule has 0 radical (unpaired) electrons. The van der Waals surface area contributed by atoms with Crippen LogP contribution in [0.15, 0.2) is 0 Å². The van der Waals surface area contributed by atoms with Crippen LogP contribution in [0.4, 0.5) is 0 Å². The van der Waals surface area contributed by atoms with E-state index in [1.54, 1.807) is 4.31 Å². The molecule has 0 spiro atoms. The molecule has 0 aromatic heterocycles. The molecule has 2 fully saturated rings. The fraction of sp³-hybridized carbons (Fsp3) is 1.00. The second-order valence-corrected chi connectivity index (χ2v) is 6.85. The SMILES string of the molecule is C[C@@H]1CCCN(S(=O)(=O)NC[C@H]2CCCO2)C1. The first-order valence-electron chi connectivity index (χ1n) is 6.44. The minimum Gasteiger partial charge on any atom is -0.377 e. The van der Waals surface area contributed by atoms with E-state index in [4.69, 9.17) is 4.74 Å². The average Bonchev–Trinajstić information content (AvgIpc) is 2.79. The minimum absolute atomic E-state index is 0.0620. The van der Waals surface area contributed by atoms with Gasteiger partial charge in [0.15, 0.2) is 0 Å². The molecule has 2 aliphatic heterocycles. The third kappa shape index (κ3) is 3.64. The van der Waals surface area contributed by atoms with E-state index in [1.165, 1.54) is 0 Å². The van der Waals surface area contributed by atoms with Gasteiger partial charge >= 0.3 is 0 Å². The lowest BCUT2D eigenvalue weighted by molar-refractivity contribution is 0.114. The summed E-state index contributed by atoms with van der Waals surface area (Å²) in [4.78, 5) is 0. The van der Waals surface area contributed by atoms with Gasteiger partial charge in [0.1, 0.15) is 0 Å². The summed E-state index contributed by atoms with van der Waals surface area (Å²) in [5.41, 5.74) is 0. The monoisotopic (exact) mass is 262 g/mol. The number of nitrogens with one attached hydrogen (secondary N) is 1. The minimum atomic E-state index is -3.30. The second kappa shape index (κ2) is 5.65. The normalized spacial score (nSPS) is 31.8. The van der Waals surface area contributed by atoms with Crippen molar-refractivity contribution in [1.82, 2.24) is 9.03 Å². The van der Waals surface area contributed by atoms with Crippen molar-refractivity contribution in [3.63, 3.8) is 0 Å². The summed E-state index contributed by atoms with van der Waals surface area (Å²) in [6.45, 7) is 4.55. The summed E-state index contributed by atoms with van der Waals surface area (Å²) in [6.07, 6.45) is 4.14. The van der Waals surface area contributed by atoms with Gasteiger partial charge < -0.3 is 4.74 Å². The number of piperidine rings is 1.